The lowest BCUT2D eigenvalue weighted by Gasteiger charge is -1.98. The van der Waals surface area contributed by atoms with E-state index >= 15 is 0 Å². The number of aryl methyl sites for hydroxylation is 1. The molecule has 0 spiro atoms. The van der Waals surface area contributed by atoms with E-state index in [0.717, 1.165) is 33.5 Å². The molecule has 0 aliphatic rings. The van der Waals surface area contributed by atoms with Crippen molar-refractivity contribution in [3.63, 3.8) is 0 Å². The Morgan fingerprint density at radius 2 is 2.18 bits per heavy atom. The summed E-state index contributed by atoms with van der Waals surface area (Å²) in [5.74, 6) is 0.838. The minimum atomic E-state index is 0.614. The van der Waals surface area contributed by atoms with E-state index in [2.05, 4.69) is 26.0 Å². The highest BCUT2D eigenvalue weighted by atomic mass is 15.0. The van der Waals surface area contributed by atoms with Gasteiger partial charge in [0.25, 0.3) is 0 Å². The van der Waals surface area contributed by atoms with Crippen molar-refractivity contribution in [2.24, 2.45) is 7.05 Å². The van der Waals surface area contributed by atoms with E-state index in [0.29, 0.717) is 12.0 Å². The van der Waals surface area contributed by atoms with Gasteiger partial charge in [-0.25, -0.2) is 9.97 Å². The second-order valence-corrected chi connectivity index (χ2v) is 5.25. The Hall–Kier alpha value is -3.20. The van der Waals surface area contributed by atoms with Crippen LogP contribution in [0.2, 0.25) is 0 Å². The van der Waals surface area contributed by atoms with Crippen LogP contribution in [0.1, 0.15) is 17.1 Å². The van der Waals surface area contributed by atoms with Gasteiger partial charge in [-0.2, -0.15) is 5.26 Å². The van der Waals surface area contributed by atoms with E-state index in [1.54, 1.807) is 18.6 Å². The number of aromatic nitrogens is 5. The molecule has 3 heterocycles. The smallest absolute Gasteiger partial charge is 0.113 e. The predicted molar refractivity (Wildman–Crippen MR) is 82.1 cm³/mol. The summed E-state index contributed by atoms with van der Waals surface area (Å²) in [7, 11) is 1.94. The zero-order chi connectivity index (χ0) is 15.1. The van der Waals surface area contributed by atoms with Crippen molar-refractivity contribution in [2.75, 3.05) is 0 Å². The minimum absolute atomic E-state index is 0.614. The molecule has 4 rings (SSSR count). The van der Waals surface area contributed by atoms with Crippen molar-refractivity contribution in [2.45, 2.75) is 6.42 Å². The highest BCUT2D eigenvalue weighted by molar-refractivity contribution is 6.02. The minimum Gasteiger partial charge on any atom is -0.341 e. The number of hydrogen-bond donors (Lipinski definition) is 1. The van der Waals surface area contributed by atoms with E-state index in [4.69, 9.17) is 5.26 Å². The van der Waals surface area contributed by atoms with Crippen LogP contribution in [0.5, 0.6) is 0 Å². The third kappa shape index (κ3) is 2.00. The van der Waals surface area contributed by atoms with E-state index in [1.807, 2.05) is 29.9 Å². The second-order valence-electron chi connectivity index (χ2n) is 5.25. The Balaban J connectivity index is 1.85. The lowest BCUT2D eigenvalue weighted by Crippen LogP contribution is -1.90. The van der Waals surface area contributed by atoms with Crippen molar-refractivity contribution in [1.82, 2.24) is 24.5 Å². The second kappa shape index (κ2) is 4.67. The SMILES string of the molecule is Cn1cnc(Cc2nc3cnc4ccc(C#N)cc4c3[nH]2)c1. The summed E-state index contributed by atoms with van der Waals surface area (Å²) < 4.78 is 1.91. The first-order chi connectivity index (χ1) is 10.7. The molecule has 6 heteroatoms. The molecule has 3 aromatic heterocycles. The number of nitriles is 1. The molecule has 0 unspecified atom stereocenters. The topological polar surface area (TPSA) is 83.2 Å². The first-order valence-corrected chi connectivity index (χ1v) is 6.87. The monoisotopic (exact) mass is 288 g/mol. The molecule has 0 aliphatic carbocycles. The van der Waals surface area contributed by atoms with Crippen molar-refractivity contribution in [1.29, 1.82) is 5.26 Å². The van der Waals surface area contributed by atoms with Gasteiger partial charge >= 0.3 is 0 Å². The van der Waals surface area contributed by atoms with Gasteiger partial charge in [0.05, 0.1) is 40.9 Å². The number of fused-ring (bicyclic) bond motifs is 3. The highest BCUT2D eigenvalue weighted by Crippen LogP contribution is 2.23. The number of benzene rings is 1. The van der Waals surface area contributed by atoms with E-state index in [9.17, 15) is 0 Å². The Morgan fingerprint density at radius 1 is 1.27 bits per heavy atom. The third-order valence-corrected chi connectivity index (χ3v) is 3.61. The lowest BCUT2D eigenvalue weighted by atomic mass is 10.1. The number of H-pyrrole nitrogens is 1. The molecule has 1 N–H and O–H groups in total. The molecule has 0 saturated carbocycles. The molecule has 0 bridgehead atoms. The standard InChI is InChI=1S/C16H12N6/c1-22-8-11(19-9-22)5-15-20-14-7-18-13-3-2-10(6-17)4-12(13)16(14)21-15/h2-4,7-9H,5H2,1H3,(H,20,21). The van der Waals surface area contributed by atoms with Crippen LogP contribution in [-0.2, 0) is 13.5 Å². The van der Waals surface area contributed by atoms with Crippen LogP contribution in [-0.4, -0.2) is 24.5 Å². The molecule has 0 amide bonds. The molecule has 106 valence electrons. The van der Waals surface area contributed by atoms with Gasteiger partial charge in [0.1, 0.15) is 11.3 Å². The van der Waals surface area contributed by atoms with Crippen LogP contribution >= 0.6 is 0 Å². The quantitative estimate of drug-likeness (QED) is 0.613. The molecule has 0 saturated heterocycles. The van der Waals surface area contributed by atoms with Gasteiger partial charge in [0.15, 0.2) is 0 Å². The molecule has 0 radical (unpaired) electrons. The van der Waals surface area contributed by atoms with Crippen molar-refractivity contribution in [3.8, 4) is 6.07 Å². The Bertz CT molecular complexity index is 1030. The lowest BCUT2D eigenvalue weighted by molar-refractivity contribution is 0.911. The van der Waals surface area contributed by atoms with E-state index in [-0.39, 0.29) is 0 Å². The fraction of sp³-hybridized carbons (Fsp3) is 0.125. The molecule has 4 aromatic rings. The average molecular weight is 288 g/mol. The molecule has 0 aliphatic heterocycles. The molecule has 0 atom stereocenters. The number of imidazole rings is 2. The van der Waals surface area contributed by atoms with Crippen molar-refractivity contribution in [3.05, 3.63) is 54.0 Å². The number of nitrogens with zero attached hydrogens (tertiary/aromatic N) is 5. The average Bonchev–Trinajstić information content (AvgIpc) is 3.12. The van der Waals surface area contributed by atoms with Crippen LogP contribution in [0.4, 0.5) is 0 Å². The van der Waals surface area contributed by atoms with Crippen LogP contribution in [0.25, 0.3) is 21.9 Å². The number of rotatable bonds is 2. The highest BCUT2D eigenvalue weighted by Gasteiger charge is 2.10. The van der Waals surface area contributed by atoms with Crippen LogP contribution in [0, 0.1) is 11.3 Å². The van der Waals surface area contributed by atoms with Gasteiger partial charge in [0.2, 0.25) is 0 Å². The largest absolute Gasteiger partial charge is 0.341 e. The predicted octanol–water partition coefficient (Wildman–Crippen LogP) is 2.31. The van der Waals surface area contributed by atoms with Gasteiger partial charge in [-0.15, -0.1) is 0 Å². The Labute approximate surface area is 126 Å². The van der Waals surface area contributed by atoms with Gasteiger partial charge in [-0.1, -0.05) is 0 Å². The summed E-state index contributed by atoms with van der Waals surface area (Å²) in [6.07, 6.45) is 6.13. The molecule has 6 nitrogen and oxygen atoms in total. The van der Waals surface area contributed by atoms with Gasteiger partial charge in [0, 0.05) is 25.1 Å². The summed E-state index contributed by atoms with van der Waals surface area (Å²) in [5.41, 5.74) is 4.13. The Morgan fingerprint density at radius 3 is 2.95 bits per heavy atom. The zero-order valence-electron chi connectivity index (χ0n) is 11.9. The maximum Gasteiger partial charge on any atom is 0.113 e. The van der Waals surface area contributed by atoms with Crippen LogP contribution in [0.3, 0.4) is 0 Å². The normalized spacial score (nSPS) is 11.1. The number of pyridine rings is 1. The molecule has 22 heavy (non-hydrogen) atoms. The van der Waals surface area contributed by atoms with Gasteiger partial charge in [-0.3, -0.25) is 4.98 Å². The molecule has 1 aromatic carbocycles. The number of aromatic amines is 1. The third-order valence-electron chi connectivity index (χ3n) is 3.61. The molecular weight excluding hydrogens is 276 g/mol. The van der Waals surface area contributed by atoms with Crippen molar-refractivity contribution < 1.29 is 0 Å². The summed E-state index contributed by atoms with van der Waals surface area (Å²) in [5, 5.41) is 9.98. The first kappa shape index (κ1) is 12.5. The van der Waals surface area contributed by atoms with E-state index < -0.39 is 0 Å². The molecule has 0 fully saturated rings. The summed E-state index contributed by atoms with van der Waals surface area (Å²) in [4.78, 5) is 16.6. The van der Waals surface area contributed by atoms with Gasteiger partial charge in [-0.05, 0) is 18.2 Å². The maximum absolute atomic E-state index is 9.06. The maximum atomic E-state index is 9.06. The molecular formula is C16H12N6. The van der Waals surface area contributed by atoms with Gasteiger partial charge < -0.3 is 9.55 Å². The number of hydrogen-bond acceptors (Lipinski definition) is 4. The van der Waals surface area contributed by atoms with Crippen LogP contribution < -0.4 is 0 Å². The Kier molecular flexibility index (Phi) is 2.66. The first-order valence-electron chi connectivity index (χ1n) is 6.87. The van der Waals surface area contributed by atoms with E-state index in [1.165, 1.54) is 0 Å². The van der Waals surface area contributed by atoms with Crippen LogP contribution in [0.15, 0.2) is 36.9 Å². The fourth-order valence-corrected chi connectivity index (χ4v) is 2.60. The summed E-state index contributed by atoms with van der Waals surface area (Å²) in [6.45, 7) is 0. The summed E-state index contributed by atoms with van der Waals surface area (Å²) >= 11 is 0. The summed E-state index contributed by atoms with van der Waals surface area (Å²) in [6, 6.07) is 7.62. The fourth-order valence-electron chi connectivity index (χ4n) is 2.60. The zero-order valence-corrected chi connectivity index (χ0v) is 11.9. The number of nitrogens with one attached hydrogen (secondary N) is 1. The van der Waals surface area contributed by atoms with Crippen molar-refractivity contribution >= 4 is 21.9 Å².